The van der Waals surface area contributed by atoms with Gasteiger partial charge in [-0.15, -0.1) is 32.6 Å². The number of halogens is 2. The van der Waals surface area contributed by atoms with Crippen molar-refractivity contribution in [2.24, 2.45) is 0 Å². The topological polar surface area (TPSA) is 78.6 Å². The Morgan fingerprint density at radius 3 is 2.65 bits per heavy atom. The lowest BCUT2D eigenvalue weighted by molar-refractivity contribution is 0.151. The fourth-order valence-corrected chi connectivity index (χ4v) is 3.59. The van der Waals surface area contributed by atoms with Crippen molar-refractivity contribution in [2.75, 3.05) is 0 Å². The monoisotopic (exact) mass is 438 g/mol. The van der Waals surface area contributed by atoms with Crippen molar-refractivity contribution in [2.45, 2.75) is 26.9 Å². The number of alkyl halides is 2. The molecular formula is C21H16F2N6OS. The van der Waals surface area contributed by atoms with Crippen molar-refractivity contribution < 1.29 is 13.5 Å². The van der Waals surface area contributed by atoms with Crippen LogP contribution in [0.3, 0.4) is 0 Å². The summed E-state index contributed by atoms with van der Waals surface area (Å²) in [7, 11) is 0. The summed E-state index contributed by atoms with van der Waals surface area (Å²) in [5.74, 6) is 6.59. The first-order valence-electron chi connectivity index (χ1n) is 9.20. The van der Waals surface area contributed by atoms with E-state index in [9.17, 15) is 8.78 Å². The molecule has 0 amide bonds. The Kier molecular flexibility index (Phi) is 5.95. The molecule has 4 aromatic heterocycles. The Bertz CT molecular complexity index is 1240. The summed E-state index contributed by atoms with van der Waals surface area (Å²) < 4.78 is 32.7. The molecule has 0 saturated heterocycles. The van der Waals surface area contributed by atoms with Crippen molar-refractivity contribution in [3.63, 3.8) is 0 Å². The van der Waals surface area contributed by atoms with E-state index in [1.807, 2.05) is 18.2 Å². The van der Waals surface area contributed by atoms with Gasteiger partial charge in [0.15, 0.2) is 5.82 Å². The van der Waals surface area contributed by atoms with Gasteiger partial charge in [0, 0.05) is 17.8 Å². The molecule has 0 aliphatic heterocycles. The number of nitrogens with zero attached hydrogens (tertiary/aromatic N) is 6. The molecular weight excluding hydrogens is 422 g/mol. The minimum absolute atomic E-state index is 0.111. The number of aryl methyl sites for hydroxylation is 1. The van der Waals surface area contributed by atoms with Gasteiger partial charge in [-0.25, -0.2) is 13.8 Å². The highest BCUT2D eigenvalue weighted by Crippen LogP contribution is 2.26. The maximum absolute atomic E-state index is 12.8. The van der Waals surface area contributed by atoms with Gasteiger partial charge in [0.1, 0.15) is 18.0 Å². The van der Waals surface area contributed by atoms with Crippen molar-refractivity contribution >= 4 is 11.3 Å². The molecule has 0 fully saturated rings. The molecule has 0 aliphatic rings. The standard InChI is InChI=1S/C21H16F2N6OS/c1-3-4-15-6-8-18(31-15)16-7-10-20(27-26-16)30-12-17-13(2)25-28-29(17)19-9-5-14(11-24-19)21(22)23/h5-11,21H,12H2,1-2H3. The maximum atomic E-state index is 12.8. The molecule has 0 unspecified atom stereocenters. The van der Waals surface area contributed by atoms with Crippen molar-refractivity contribution in [1.82, 2.24) is 30.2 Å². The van der Waals surface area contributed by atoms with Crippen LogP contribution in [0.25, 0.3) is 16.4 Å². The Morgan fingerprint density at radius 2 is 1.97 bits per heavy atom. The minimum Gasteiger partial charge on any atom is -0.470 e. The quantitative estimate of drug-likeness (QED) is 0.416. The Labute approximate surface area is 180 Å². The average Bonchev–Trinajstić information content (AvgIpc) is 3.40. The number of ether oxygens (including phenoxy) is 1. The number of aromatic nitrogens is 6. The predicted molar refractivity (Wildman–Crippen MR) is 111 cm³/mol. The summed E-state index contributed by atoms with van der Waals surface area (Å²) in [6, 6.07) is 10.2. The molecule has 0 radical (unpaired) electrons. The highest BCUT2D eigenvalue weighted by Gasteiger charge is 2.15. The van der Waals surface area contributed by atoms with E-state index >= 15 is 0 Å². The van der Waals surface area contributed by atoms with Crippen LogP contribution in [0.15, 0.2) is 42.6 Å². The molecule has 0 aliphatic carbocycles. The highest BCUT2D eigenvalue weighted by atomic mass is 32.1. The zero-order chi connectivity index (χ0) is 21.8. The zero-order valence-electron chi connectivity index (χ0n) is 16.6. The molecule has 0 atom stereocenters. The van der Waals surface area contributed by atoms with E-state index in [2.05, 4.69) is 37.3 Å². The molecule has 0 aromatic carbocycles. The average molecular weight is 438 g/mol. The first-order valence-corrected chi connectivity index (χ1v) is 10.0. The van der Waals surface area contributed by atoms with Crippen LogP contribution < -0.4 is 4.74 Å². The second kappa shape index (κ2) is 8.97. The first kappa shape index (κ1) is 20.6. The van der Waals surface area contributed by atoms with Gasteiger partial charge < -0.3 is 4.74 Å². The predicted octanol–water partition coefficient (Wildman–Crippen LogP) is 4.38. The van der Waals surface area contributed by atoms with Crippen LogP contribution in [0.2, 0.25) is 0 Å². The fourth-order valence-electron chi connectivity index (χ4n) is 2.71. The smallest absolute Gasteiger partial charge is 0.265 e. The van der Waals surface area contributed by atoms with E-state index in [1.165, 1.54) is 16.8 Å². The Morgan fingerprint density at radius 1 is 1.10 bits per heavy atom. The molecule has 10 heteroatoms. The molecule has 4 heterocycles. The molecule has 0 spiro atoms. The van der Waals surface area contributed by atoms with Crippen molar-refractivity contribution in [3.8, 4) is 34.1 Å². The molecule has 156 valence electrons. The second-order valence-electron chi connectivity index (χ2n) is 6.37. The maximum Gasteiger partial charge on any atom is 0.265 e. The van der Waals surface area contributed by atoms with Gasteiger partial charge in [-0.1, -0.05) is 11.1 Å². The van der Waals surface area contributed by atoms with Crippen LogP contribution in [-0.4, -0.2) is 30.2 Å². The van der Waals surface area contributed by atoms with E-state index in [-0.39, 0.29) is 12.2 Å². The summed E-state index contributed by atoms with van der Waals surface area (Å²) >= 11 is 1.54. The van der Waals surface area contributed by atoms with Crippen LogP contribution in [0.5, 0.6) is 5.88 Å². The molecule has 31 heavy (non-hydrogen) atoms. The zero-order valence-corrected chi connectivity index (χ0v) is 17.4. The van der Waals surface area contributed by atoms with Gasteiger partial charge in [0.25, 0.3) is 6.43 Å². The lowest BCUT2D eigenvalue weighted by atomic mass is 10.3. The number of rotatable bonds is 6. The Balaban J connectivity index is 1.48. The van der Waals surface area contributed by atoms with E-state index in [0.29, 0.717) is 23.1 Å². The first-order chi connectivity index (χ1) is 15.0. The van der Waals surface area contributed by atoms with E-state index < -0.39 is 6.43 Å². The largest absolute Gasteiger partial charge is 0.470 e. The van der Waals surface area contributed by atoms with Gasteiger partial charge in [-0.05, 0) is 44.2 Å². The van der Waals surface area contributed by atoms with Gasteiger partial charge in [-0.3, -0.25) is 0 Å². The molecule has 0 saturated carbocycles. The highest BCUT2D eigenvalue weighted by molar-refractivity contribution is 7.16. The van der Waals surface area contributed by atoms with Crippen molar-refractivity contribution in [3.05, 3.63) is 64.4 Å². The summed E-state index contributed by atoms with van der Waals surface area (Å²) in [5, 5.41) is 16.4. The summed E-state index contributed by atoms with van der Waals surface area (Å²) in [6.45, 7) is 3.68. The third kappa shape index (κ3) is 4.57. The van der Waals surface area contributed by atoms with Crippen LogP contribution in [0.4, 0.5) is 8.78 Å². The van der Waals surface area contributed by atoms with Gasteiger partial charge in [0.2, 0.25) is 5.88 Å². The van der Waals surface area contributed by atoms with Gasteiger partial charge in [-0.2, -0.15) is 4.68 Å². The molecule has 0 N–H and O–H groups in total. The number of hydrogen-bond donors (Lipinski definition) is 0. The second-order valence-corrected chi connectivity index (χ2v) is 7.45. The normalized spacial score (nSPS) is 10.7. The van der Waals surface area contributed by atoms with E-state index in [4.69, 9.17) is 4.74 Å². The van der Waals surface area contributed by atoms with Crippen LogP contribution >= 0.6 is 11.3 Å². The molecule has 7 nitrogen and oxygen atoms in total. The van der Waals surface area contributed by atoms with Crippen LogP contribution in [0, 0.1) is 18.8 Å². The van der Waals surface area contributed by atoms with Crippen LogP contribution in [0.1, 0.15) is 35.2 Å². The third-order valence-electron chi connectivity index (χ3n) is 4.30. The fraction of sp³-hybridized carbons (Fsp3) is 0.190. The van der Waals surface area contributed by atoms with E-state index in [0.717, 1.165) is 21.6 Å². The van der Waals surface area contributed by atoms with Gasteiger partial charge >= 0.3 is 0 Å². The molecule has 0 bridgehead atoms. The number of thiophene rings is 1. The molecule has 4 aromatic rings. The summed E-state index contributed by atoms with van der Waals surface area (Å²) in [5.41, 5.74) is 1.83. The number of pyridine rings is 1. The lowest BCUT2D eigenvalue weighted by Crippen LogP contribution is -2.09. The molecule has 4 rings (SSSR count). The third-order valence-corrected chi connectivity index (χ3v) is 5.32. The number of hydrogen-bond acceptors (Lipinski definition) is 7. The lowest BCUT2D eigenvalue weighted by Gasteiger charge is -2.08. The SMILES string of the molecule is CC#Cc1ccc(-c2ccc(OCc3c(C)nnn3-c3ccc(C(F)F)cn3)nn2)s1. The minimum atomic E-state index is -2.58. The van der Waals surface area contributed by atoms with E-state index in [1.54, 1.807) is 31.3 Å². The summed E-state index contributed by atoms with van der Waals surface area (Å²) in [4.78, 5) is 5.98. The van der Waals surface area contributed by atoms with Crippen LogP contribution in [-0.2, 0) is 6.61 Å². The van der Waals surface area contributed by atoms with Crippen molar-refractivity contribution in [1.29, 1.82) is 0 Å². The summed E-state index contributed by atoms with van der Waals surface area (Å²) in [6.07, 6.45) is -1.46. The van der Waals surface area contributed by atoms with Gasteiger partial charge in [0.05, 0.1) is 15.4 Å². The Hall–Kier alpha value is -3.71.